The Labute approximate surface area is 182 Å². The maximum atomic E-state index is 12.9. The number of hydrogen-bond donors (Lipinski definition) is 2. The summed E-state index contributed by atoms with van der Waals surface area (Å²) in [5.74, 6) is -0.0412. The van der Waals surface area contributed by atoms with E-state index in [1.165, 1.54) is 0 Å². The Hall–Kier alpha value is -1.15. The van der Waals surface area contributed by atoms with Gasteiger partial charge in [-0.05, 0) is 68.3 Å². The fourth-order valence-corrected chi connectivity index (χ4v) is 5.85. The van der Waals surface area contributed by atoms with Gasteiger partial charge in [-0.15, -0.1) is 0 Å². The third-order valence-electron chi connectivity index (χ3n) is 5.21. The highest BCUT2D eigenvalue weighted by Gasteiger charge is 2.29. The molecule has 1 aliphatic heterocycles. The van der Waals surface area contributed by atoms with E-state index in [2.05, 4.69) is 9.62 Å². The number of aliphatic hydroxyl groups excluding tert-OH is 1. The van der Waals surface area contributed by atoms with Gasteiger partial charge in [0, 0.05) is 41.2 Å². The summed E-state index contributed by atoms with van der Waals surface area (Å²) in [6.07, 6.45) is 0.323. The molecule has 5 nitrogen and oxygen atoms in total. The first kappa shape index (κ1) is 22.5. The van der Waals surface area contributed by atoms with Crippen LogP contribution in [0.25, 0.3) is 0 Å². The molecular weight excluding hydrogens is 431 g/mol. The minimum Gasteiger partial charge on any atom is -0.396 e. The first-order chi connectivity index (χ1) is 13.5. The summed E-state index contributed by atoms with van der Waals surface area (Å²) >= 11 is 12.7. The predicted molar refractivity (Wildman–Crippen MR) is 117 cm³/mol. The fraction of sp³-hybridized carbons (Fsp3) is 0.429. The number of sulfonamides is 1. The SMILES string of the molecule is CN1Cc2c(Cl)cc(Cl)cc2C(c2cccc(S(=O)(=O)NC(C)(C)CCO)c2)C1. The Morgan fingerprint density at radius 1 is 1.24 bits per heavy atom. The van der Waals surface area contributed by atoms with Crippen molar-refractivity contribution >= 4 is 33.2 Å². The molecule has 2 N–H and O–H groups in total. The highest BCUT2D eigenvalue weighted by atomic mass is 35.5. The molecule has 3 rings (SSSR count). The molecule has 0 aliphatic carbocycles. The molecule has 0 spiro atoms. The van der Waals surface area contributed by atoms with Crippen LogP contribution in [0.15, 0.2) is 41.3 Å². The van der Waals surface area contributed by atoms with Crippen molar-refractivity contribution in [1.82, 2.24) is 9.62 Å². The van der Waals surface area contributed by atoms with Crippen molar-refractivity contribution in [2.24, 2.45) is 0 Å². The Morgan fingerprint density at radius 2 is 1.97 bits per heavy atom. The summed E-state index contributed by atoms with van der Waals surface area (Å²) < 4.78 is 28.5. The lowest BCUT2D eigenvalue weighted by atomic mass is 9.85. The predicted octanol–water partition coefficient (Wildman–Crippen LogP) is 4.01. The van der Waals surface area contributed by atoms with Gasteiger partial charge in [0.15, 0.2) is 0 Å². The van der Waals surface area contributed by atoms with Crippen molar-refractivity contribution in [2.45, 2.75) is 43.2 Å². The molecular formula is C21H26Cl2N2O3S. The smallest absolute Gasteiger partial charge is 0.241 e. The molecule has 0 fully saturated rings. The topological polar surface area (TPSA) is 69.6 Å². The number of hydrogen-bond acceptors (Lipinski definition) is 4. The first-order valence-electron chi connectivity index (χ1n) is 9.43. The molecule has 1 aliphatic rings. The van der Waals surface area contributed by atoms with Gasteiger partial charge in [-0.2, -0.15) is 0 Å². The molecule has 0 saturated carbocycles. The zero-order valence-corrected chi connectivity index (χ0v) is 19.1. The zero-order chi connectivity index (χ0) is 21.4. The third-order valence-corrected chi connectivity index (χ3v) is 7.46. The van der Waals surface area contributed by atoms with Crippen LogP contribution in [-0.2, 0) is 16.6 Å². The van der Waals surface area contributed by atoms with Crippen LogP contribution >= 0.6 is 23.2 Å². The van der Waals surface area contributed by atoms with Gasteiger partial charge in [0.2, 0.25) is 10.0 Å². The minimum absolute atomic E-state index is 0.0412. The molecule has 1 unspecified atom stereocenters. The Kier molecular flexibility index (Phi) is 6.63. The van der Waals surface area contributed by atoms with E-state index in [1.54, 1.807) is 38.1 Å². The summed E-state index contributed by atoms with van der Waals surface area (Å²) in [7, 11) is -1.72. The molecule has 158 valence electrons. The van der Waals surface area contributed by atoms with Gasteiger partial charge < -0.3 is 10.0 Å². The highest BCUT2D eigenvalue weighted by Crippen LogP contribution is 2.38. The van der Waals surface area contributed by atoms with E-state index >= 15 is 0 Å². The van der Waals surface area contributed by atoms with Crippen molar-refractivity contribution in [3.05, 3.63) is 63.1 Å². The molecule has 0 saturated heterocycles. The van der Waals surface area contributed by atoms with Gasteiger partial charge in [0.1, 0.15) is 0 Å². The van der Waals surface area contributed by atoms with Crippen molar-refractivity contribution in [3.63, 3.8) is 0 Å². The largest absolute Gasteiger partial charge is 0.396 e. The number of fused-ring (bicyclic) bond motifs is 1. The monoisotopic (exact) mass is 456 g/mol. The average Bonchev–Trinajstić information content (AvgIpc) is 2.61. The van der Waals surface area contributed by atoms with E-state index in [9.17, 15) is 13.5 Å². The number of likely N-dealkylation sites (N-methyl/N-ethyl adjacent to an activating group) is 1. The molecule has 0 aromatic heterocycles. The average molecular weight is 457 g/mol. The first-order valence-corrected chi connectivity index (χ1v) is 11.7. The Morgan fingerprint density at radius 3 is 2.66 bits per heavy atom. The lowest BCUT2D eigenvalue weighted by molar-refractivity contribution is 0.245. The van der Waals surface area contributed by atoms with Crippen molar-refractivity contribution in [2.75, 3.05) is 20.2 Å². The van der Waals surface area contributed by atoms with Crippen LogP contribution in [0.2, 0.25) is 10.0 Å². The van der Waals surface area contributed by atoms with Crippen LogP contribution in [0, 0.1) is 0 Å². The third kappa shape index (κ3) is 5.13. The minimum atomic E-state index is -3.74. The van der Waals surface area contributed by atoms with Crippen LogP contribution in [0.1, 0.15) is 42.9 Å². The maximum Gasteiger partial charge on any atom is 0.241 e. The summed E-state index contributed by atoms with van der Waals surface area (Å²) in [6, 6.07) is 10.6. The van der Waals surface area contributed by atoms with E-state index in [-0.39, 0.29) is 17.4 Å². The van der Waals surface area contributed by atoms with Crippen LogP contribution in [0.3, 0.4) is 0 Å². The number of nitrogens with zero attached hydrogens (tertiary/aromatic N) is 1. The number of halogens is 2. The molecule has 0 amide bonds. The van der Waals surface area contributed by atoms with Gasteiger partial charge >= 0.3 is 0 Å². The standard InChI is InChI=1S/C21H26Cl2N2O3S/c1-21(2,7-8-26)24-29(27,28)16-6-4-5-14(9-16)18-12-25(3)13-19-17(18)10-15(22)11-20(19)23/h4-6,9-11,18,24,26H,7-8,12-13H2,1-3H3. The van der Waals surface area contributed by atoms with E-state index in [0.717, 1.165) is 29.8 Å². The van der Waals surface area contributed by atoms with E-state index < -0.39 is 15.6 Å². The lowest BCUT2D eigenvalue weighted by Gasteiger charge is -2.33. The van der Waals surface area contributed by atoms with Crippen LogP contribution in [-0.4, -0.2) is 44.2 Å². The van der Waals surface area contributed by atoms with Gasteiger partial charge in [0.25, 0.3) is 0 Å². The second-order valence-corrected chi connectivity index (χ2v) is 10.8. The molecule has 1 atom stereocenters. The zero-order valence-electron chi connectivity index (χ0n) is 16.7. The lowest BCUT2D eigenvalue weighted by Crippen LogP contribution is -2.43. The Bertz CT molecular complexity index is 1010. The molecule has 8 heteroatoms. The second kappa shape index (κ2) is 8.53. The quantitative estimate of drug-likeness (QED) is 0.688. The number of nitrogens with one attached hydrogen (secondary N) is 1. The molecule has 2 aromatic carbocycles. The summed E-state index contributed by atoms with van der Waals surface area (Å²) in [5, 5.41) is 10.4. The molecule has 29 heavy (non-hydrogen) atoms. The van der Waals surface area contributed by atoms with Crippen LogP contribution in [0.5, 0.6) is 0 Å². The molecule has 1 heterocycles. The van der Waals surface area contributed by atoms with E-state index in [0.29, 0.717) is 16.5 Å². The van der Waals surface area contributed by atoms with E-state index in [4.69, 9.17) is 23.2 Å². The summed E-state index contributed by atoms with van der Waals surface area (Å²) in [6.45, 7) is 4.86. The van der Waals surface area contributed by atoms with E-state index in [1.807, 2.05) is 19.2 Å². The number of aliphatic hydroxyl groups is 1. The van der Waals surface area contributed by atoms with Crippen LogP contribution in [0.4, 0.5) is 0 Å². The normalized spacial score (nSPS) is 17.9. The van der Waals surface area contributed by atoms with Gasteiger partial charge in [-0.1, -0.05) is 35.3 Å². The molecule has 0 radical (unpaired) electrons. The molecule has 2 aromatic rings. The molecule has 0 bridgehead atoms. The summed E-state index contributed by atoms with van der Waals surface area (Å²) in [5.41, 5.74) is 2.19. The van der Waals surface area contributed by atoms with Crippen LogP contribution < -0.4 is 4.72 Å². The van der Waals surface area contributed by atoms with Gasteiger partial charge in [0.05, 0.1) is 4.90 Å². The number of rotatable bonds is 6. The Balaban J connectivity index is 2.01. The fourth-order valence-electron chi connectivity index (χ4n) is 3.78. The second-order valence-electron chi connectivity index (χ2n) is 8.24. The van der Waals surface area contributed by atoms with Gasteiger partial charge in [-0.25, -0.2) is 13.1 Å². The number of benzene rings is 2. The van der Waals surface area contributed by atoms with Crippen molar-refractivity contribution in [3.8, 4) is 0 Å². The van der Waals surface area contributed by atoms with Crippen molar-refractivity contribution in [1.29, 1.82) is 0 Å². The summed E-state index contributed by atoms with van der Waals surface area (Å²) in [4.78, 5) is 2.36. The van der Waals surface area contributed by atoms with Gasteiger partial charge in [-0.3, -0.25) is 0 Å². The highest BCUT2D eigenvalue weighted by molar-refractivity contribution is 7.89. The maximum absolute atomic E-state index is 12.9. The van der Waals surface area contributed by atoms with Crippen molar-refractivity contribution < 1.29 is 13.5 Å².